The Morgan fingerprint density at radius 2 is 1.80 bits per heavy atom. The first kappa shape index (κ1) is 15.1. The van der Waals surface area contributed by atoms with E-state index in [0.717, 1.165) is 24.2 Å². The van der Waals surface area contributed by atoms with Crippen molar-refractivity contribution in [3.63, 3.8) is 0 Å². The number of rotatable bonds is 6. The predicted octanol–water partition coefficient (Wildman–Crippen LogP) is 3.75. The van der Waals surface area contributed by atoms with Gasteiger partial charge in [0.1, 0.15) is 0 Å². The number of H-pyrrole nitrogens is 1. The van der Waals surface area contributed by atoms with E-state index in [9.17, 15) is 0 Å². The van der Waals surface area contributed by atoms with Crippen molar-refractivity contribution in [1.29, 1.82) is 0 Å². The zero-order chi connectivity index (χ0) is 16.9. The van der Waals surface area contributed by atoms with Gasteiger partial charge in [-0.2, -0.15) is 10.1 Å². The van der Waals surface area contributed by atoms with E-state index < -0.39 is 0 Å². The minimum Gasteiger partial charge on any atom is -0.361 e. The van der Waals surface area contributed by atoms with Crippen molar-refractivity contribution in [2.75, 3.05) is 17.2 Å². The van der Waals surface area contributed by atoms with Gasteiger partial charge >= 0.3 is 0 Å². The van der Waals surface area contributed by atoms with Gasteiger partial charge in [0.05, 0.1) is 6.20 Å². The molecule has 0 bridgehead atoms. The molecule has 2 aromatic heterocycles. The van der Waals surface area contributed by atoms with Gasteiger partial charge in [-0.3, -0.25) is 0 Å². The molecule has 0 saturated carbocycles. The van der Waals surface area contributed by atoms with Crippen LogP contribution in [0, 0.1) is 0 Å². The van der Waals surface area contributed by atoms with E-state index in [4.69, 9.17) is 0 Å². The van der Waals surface area contributed by atoms with Gasteiger partial charge in [0.2, 0.25) is 5.95 Å². The SMILES string of the molecule is c1ccc(Nc2cnnc(NCCc3c[nH]c4ccccc34)n2)cc1. The molecule has 0 spiro atoms. The lowest BCUT2D eigenvalue weighted by Gasteiger charge is -2.07. The van der Waals surface area contributed by atoms with Gasteiger partial charge in [0.15, 0.2) is 5.82 Å². The van der Waals surface area contributed by atoms with Crippen LogP contribution in [0.4, 0.5) is 17.5 Å². The number of anilines is 3. The van der Waals surface area contributed by atoms with Crippen LogP contribution in [0.1, 0.15) is 5.56 Å². The highest BCUT2D eigenvalue weighted by Gasteiger charge is 2.04. The molecule has 4 rings (SSSR count). The fourth-order valence-electron chi connectivity index (χ4n) is 2.76. The normalized spacial score (nSPS) is 10.7. The molecule has 0 aliphatic heterocycles. The molecule has 0 atom stereocenters. The first-order chi connectivity index (χ1) is 12.4. The van der Waals surface area contributed by atoms with Gasteiger partial charge in [-0.05, 0) is 30.2 Å². The van der Waals surface area contributed by atoms with Crippen LogP contribution in [0.2, 0.25) is 0 Å². The number of hydrogen-bond donors (Lipinski definition) is 3. The predicted molar refractivity (Wildman–Crippen MR) is 100 cm³/mol. The fraction of sp³-hybridized carbons (Fsp3) is 0.105. The average molecular weight is 330 g/mol. The number of nitrogens with zero attached hydrogens (tertiary/aromatic N) is 3. The molecule has 6 nitrogen and oxygen atoms in total. The highest BCUT2D eigenvalue weighted by atomic mass is 15.3. The smallest absolute Gasteiger partial charge is 0.244 e. The van der Waals surface area contributed by atoms with E-state index in [2.05, 4.69) is 55.2 Å². The Balaban J connectivity index is 1.39. The summed E-state index contributed by atoms with van der Waals surface area (Å²) in [4.78, 5) is 7.74. The van der Waals surface area contributed by atoms with E-state index in [1.807, 2.05) is 36.4 Å². The molecule has 0 aliphatic carbocycles. The summed E-state index contributed by atoms with van der Waals surface area (Å²) < 4.78 is 0. The summed E-state index contributed by atoms with van der Waals surface area (Å²) in [5, 5.41) is 15.7. The van der Waals surface area contributed by atoms with E-state index in [1.165, 1.54) is 10.9 Å². The highest BCUT2D eigenvalue weighted by molar-refractivity contribution is 5.83. The third-order valence-electron chi connectivity index (χ3n) is 3.96. The van der Waals surface area contributed by atoms with Crippen molar-refractivity contribution >= 4 is 28.4 Å². The van der Waals surface area contributed by atoms with Gasteiger partial charge in [0.25, 0.3) is 0 Å². The molecule has 3 N–H and O–H groups in total. The zero-order valence-electron chi connectivity index (χ0n) is 13.6. The van der Waals surface area contributed by atoms with Crippen LogP contribution in [0.3, 0.4) is 0 Å². The lowest BCUT2D eigenvalue weighted by atomic mass is 10.1. The molecule has 2 heterocycles. The first-order valence-electron chi connectivity index (χ1n) is 8.19. The van der Waals surface area contributed by atoms with Gasteiger partial charge in [-0.1, -0.05) is 36.4 Å². The molecule has 0 radical (unpaired) electrons. The maximum absolute atomic E-state index is 4.45. The van der Waals surface area contributed by atoms with Crippen LogP contribution < -0.4 is 10.6 Å². The topological polar surface area (TPSA) is 78.5 Å². The molecule has 25 heavy (non-hydrogen) atoms. The summed E-state index contributed by atoms with van der Waals surface area (Å²) in [5.41, 5.74) is 3.40. The number of para-hydroxylation sites is 2. The Morgan fingerprint density at radius 3 is 2.72 bits per heavy atom. The highest BCUT2D eigenvalue weighted by Crippen LogP contribution is 2.18. The van der Waals surface area contributed by atoms with Gasteiger partial charge in [0, 0.05) is 29.3 Å². The third-order valence-corrected chi connectivity index (χ3v) is 3.96. The molecule has 0 aliphatic rings. The molecule has 2 aromatic carbocycles. The Bertz CT molecular complexity index is 964. The lowest BCUT2D eigenvalue weighted by Crippen LogP contribution is -2.09. The van der Waals surface area contributed by atoms with E-state index in [0.29, 0.717) is 11.8 Å². The standard InChI is InChI=1S/C19H18N6/c1-2-6-15(7-3-1)23-18-13-22-25-19(24-18)20-11-10-14-12-21-17-9-5-4-8-16(14)17/h1-9,12-13,21H,10-11H2,(H2,20,23,24,25). The molecule has 0 unspecified atom stereocenters. The molecule has 4 aromatic rings. The number of hydrogen-bond acceptors (Lipinski definition) is 5. The van der Waals surface area contributed by atoms with Crippen molar-refractivity contribution in [1.82, 2.24) is 20.2 Å². The van der Waals surface area contributed by atoms with Crippen LogP contribution in [0.15, 0.2) is 67.0 Å². The first-order valence-corrected chi connectivity index (χ1v) is 8.19. The number of benzene rings is 2. The molecule has 0 amide bonds. The van der Waals surface area contributed by atoms with Crippen molar-refractivity contribution in [2.24, 2.45) is 0 Å². The van der Waals surface area contributed by atoms with Crippen LogP contribution in [0.5, 0.6) is 0 Å². The second-order valence-electron chi connectivity index (χ2n) is 5.69. The number of aromatic amines is 1. The van der Waals surface area contributed by atoms with Crippen LogP contribution in [0.25, 0.3) is 10.9 Å². The Hall–Kier alpha value is -3.41. The molecular weight excluding hydrogens is 312 g/mol. The average Bonchev–Trinajstić information content (AvgIpc) is 3.06. The maximum Gasteiger partial charge on any atom is 0.244 e. The Kier molecular flexibility index (Phi) is 4.24. The zero-order valence-corrected chi connectivity index (χ0v) is 13.6. The minimum absolute atomic E-state index is 0.515. The largest absolute Gasteiger partial charge is 0.361 e. The van der Waals surface area contributed by atoms with Crippen molar-refractivity contribution in [3.05, 3.63) is 72.6 Å². The summed E-state index contributed by atoms with van der Waals surface area (Å²) in [5.74, 6) is 1.18. The minimum atomic E-state index is 0.515. The summed E-state index contributed by atoms with van der Waals surface area (Å²) in [6.45, 7) is 0.734. The number of fused-ring (bicyclic) bond motifs is 1. The van der Waals surface area contributed by atoms with Crippen LogP contribution in [-0.2, 0) is 6.42 Å². The summed E-state index contributed by atoms with van der Waals surface area (Å²) in [6.07, 6.45) is 4.54. The van der Waals surface area contributed by atoms with E-state index >= 15 is 0 Å². The Labute approximate surface area is 145 Å². The van der Waals surface area contributed by atoms with Crippen LogP contribution in [-0.4, -0.2) is 26.7 Å². The summed E-state index contributed by atoms with van der Waals surface area (Å²) in [7, 11) is 0. The quantitative estimate of drug-likeness (QED) is 0.502. The van der Waals surface area contributed by atoms with Gasteiger partial charge in [-0.25, -0.2) is 0 Å². The lowest BCUT2D eigenvalue weighted by molar-refractivity contribution is 0.931. The Morgan fingerprint density at radius 1 is 0.960 bits per heavy atom. The van der Waals surface area contributed by atoms with E-state index in [-0.39, 0.29) is 0 Å². The number of nitrogens with one attached hydrogen (secondary N) is 3. The molecule has 0 saturated heterocycles. The second-order valence-corrected chi connectivity index (χ2v) is 5.69. The second kappa shape index (κ2) is 7.00. The fourth-order valence-corrected chi connectivity index (χ4v) is 2.76. The van der Waals surface area contributed by atoms with Crippen molar-refractivity contribution in [3.8, 4) is 0 Å². The maximum atomic E-state index is 4.45. The molecule has 124 valence electrons. The van der Waals surface area contributed by atoms with Gasteiger partial charge < -0.3 is 15.6 Å². The van der Waals surface area contributed by atoms with Crippen LogP contribution >= 0.6 is 0 Å². The third kappa shape index (κ3) is 3.58. The van der Waals surface area contributed by atoms with Crippen molar-refractivity contribution in [2.45, 2.75) is 6.42 Å². The molecule has 0 fully saturated rings. The monoisotopic (exact) mass is 330 g/mol. The summed E-state index contributed by atoms with van der Waals surface area (Å²) in [6, 6.07) is 18.2. The number of aromatic nitrogens is 4. The van der Waals surface area contributed by atoms with E-state index in [1.54, 1.807) is 6.20 Å². The van der Waals surface area contributed by atoms with Gasteiger partial charge in [-0.15, -0.1) is 5.10 Å². The van der Waals surface area contributed by atoms with Crippen molar-refractivity contribution < 1.29 is 0 Å². The molecular formula is C19H18N6. The summed E-state index contributed by atoms with van der Waals surface area (Å²) >= 11 is 0. The molecule has 6 heteroatoms.